The van der Waals surface area contributed by atoms with E-state index < -0.39 is 11.6 Å². The molecule has 0 aliphatic rings. The van der Waals surface area contributed by atoms with Gasteiger partial charge in [-0.05, 0) is 25.1 Å². The molecule has 2 rings (SSSR count). The number of aryl methyl sites for hydroxylation is 1. The normalized spacial score (nSPS) is 10.4. The summed E-state index contributed by atoms with van der Waals surface area (Å²) < 4.78 is 25.7. The Hall–Kier alpha value is -2.10. The number of anilines is 1. The van der Waals surface area contributed by atoms with Crippen molar-refractivity contribution in [1.29, 1.82) is 0 Å². The Morgan fingerprint density at radius 2 is 1.83 bits per heavy atom. The lowest BCUT2D eigenvalue weighted by molar-refractivity contribution is 0.469. The molecule has 0 atom stereocenters. The number of rotatable bonds is 3. The summed E-state index contributed by atoms with van der Waals surface area (Å²) >= 11 is 0. The Morgan fingerprint density at radius 3 is 2.56 bits per heavy atom. The number of nitrogens with one attached hydrogen (secondary N) is 1. The van der Waals surface area contributed by atoms with E-state index in [4.69, 9.17) is 0 Å². The van der Waals surface area contributed by atoms with Gasteiger partial charge in [0.25, 0.3) is 0 Å². The van der Waals surface area contributed by atoms with Gasteiger partial charge in [-0.1, -0.05) is 17.7 Å². The van der Waals surface area contributed by atoms with Crippen LogP contribution in [0, 0.1) is 18.6 Å². The topological polar surface area (TPSA) is 32.3 Å². The van der Waals surface area contributed by atoms with Gasteiger partial charge >= 0.3 is 0 Å². The van der Waals surface area contributed by atoms with E-state index in [0.29, 0.717) is 17.8 Å². The molecule has 18 heavy (non-hydrogen) atoms. The lowest BCUT2D eigenvalue weighted by atomic mass is 10.1. The van der Waals surface area contributed by atoms with Gasteiger partial charge in [-0.15, -0.1) is 0 Å². The highest BCUT2D eigenvalue weighted by Gasteiger charge is 2.04. The number of halogens is 2. The minimum atomic E-state index is -0.895. The Bertz CT molecular complexity index is 570. The second kappa shape index (κ2) is 5.04. The summed E-state index contributed by atoms with van der Waals surface area (Å²) in [6.07, 6.45) is 0. The zero-order chi connectivity index (χ0) is 13.1. The molecule has 2 aromatic carbocycles. The summed E-state index contributed by atoms with van der Waals surface area (Å²) in [4.78, 5) is 0. The smallest absolute Gasteiger partial charge is 0.160 e. The Labute approximate surface area is 104 Å². The van der Waals surface area contributed by atoms with Gasteiger partial charge < -0.3 is 10.4 Å². The minimum absolute atomic E-state index is 0.177. The second-order valence-electron chi connectivity index (χ2n) is 4.11. The zero-order valence-electron chi connectivity index (χ0n) is 9.87. The number of benzene rings is 2. The van der Waals surface area contributed by atoms with E-state index in [-0.39, 0.29) is 5.75 Å². The minimum Gasteiger partial charge on any atom is -0.508 e. The van der Waals surface area contributed by atoms with Crippen LogP contribution in [0.3, 0.4) is 0 Å². The number of phenolic OH excluding ortho intramolecular Hbond substituents is 1. The average Bonchev–Trinajstić information content (AvgIpc) is 2.34. The van der Waals surface area contributed by atoms with Crippen molar-refractivity contribution in [2.75, 3.05) is 5.32 Å². The SMILES string of the molecule is Cc1ccc(O)c(CNc2ccc(F)c(F)c2)c1. The van der Waals surface area contributed by atoms with Crippen molar-refractivity contribution < 1.29 is 13.9 Å². The van der Waals surface area contributed by atoms with Gasteiger partial charge in [0.1, 0.15) is 5.75 Å². The Kier molecular flexibility index (Phi) is 3.46. The molecule has 94 valence electrons. The quantitative estimate of drug-likeness (QED) is 0.871. The van der Waals surface area contributed by atoms with Crippen LogP contribution in [0.1, 0.15) is 11.1 Å². The third kappa shape index (κ3) is 2.77. The molecular formula is C14H13F2NO. The first-order chi connectivity index (χ1) is 8.56. The molecule has 0 radical (unpaired) electrons. The average molecular weight is 249 g/mol. The highest BCUT2D eigenvalue weighted by Crippen LogP contribution is 2.20. The lowest BCUT2D eigenvalue weighted by Crippen LogP contribution is -2.01. The Morgan fingerprint density at radius 1 is 1.06 bits per heavy atom. The maximum atomic E-state index is 13.0. The molecule has 0 aliphatic heterocycles. The predicted octanol–water partition coefficient (Wildman–Crippen LogP) is 3.59. The van der Waals surface area contributed by atoms with Gasteiger partial charge in [0.05, 0.1) is 0 Å². The first-order valence-electron chi connectivity index (χ1n) is 5.53. The zero-order valence-corrected chi connectivity index (χ0v) is 9.87. The molecule has 0 saturated carbocycles. The molecule has 0 aliphatic carbocycles. The van der Waals surface area contributed by atoms with Crippen molar-refractivity contribution in [1.82, 2.24) is 0 Å². The molecule has 0 spiro atoms. The standard InChI is InChI=1S/C14H13F2NO/c1-9-2-5-14(18)10(6-9)8-17-11-3-4-12(15)13(16)7-11/h2-7,17-18H,8H2,1H3. The van der Waals surface area contributed by atoms with Crippen LogP contribution in [-0.4, -0.2) is 5.11 Å². The van der Waals surface area contributed by atoms with Gasteiger partial charge in [-0.3, -0.25) is 0 Å². The van der Waals surface area contributed by atoms with Crippen LogP contribution in [0.4, 0.5) is 14.5 Å². The molecule has 4 heteroatoms. The van der Waals surface area contributed by atoms with Crippen molar-refractivity contribution in [3.63, 3.8) is 0 Å². The third-order valence-corrected chi connectivity index (χ3v) is 2.64. The summed E-state index contributed by atoms with van der Waals surface area (Å²) in [6.45, 7) is 2.26. The first-order valence-corrected chi connectivity index (χ1v) is 5.53. The van der Waals surface area contributed by atoms with E-state index in [9.17, 15) is 13.9 Å². The summed E-state index contributed by atoms with van der Waals surface area (Å²) in [6, 6.07) is 8.84. The first kappa shape index (κ1) is 12.4. The molecule has 0 fully saturated rings. The van der Waals surface area contributed by atoms with E-state index in [1.807, 2.05) is 13.0 Å². The molecule has 2 N–H and O–H groups in total. The van der Waals surface area contributed by atoms with Crippen LogP contribution in [0.2, 0.25) is 0 Å². The molecule has 2 nitrogen and oxygen atoms in total. The van der Waals surface area contributed by atoms with E-state index >= 15 is 0 Å². The van der Waals surface area contributed by atoms with Crippen LogP contribution in [-0.2, 0) is 6.54 Å². The molecule has 0 heterocycles. The maximum Gasteiger partial charge on any atom is 0.160 e. The number of hydrogen-bond acceptors (Lipinski definition) is 2. The van der Waals surface area contributed by atoms with Crippen molar-refractivity contribution in [3.8, 4) is 5.75 Å². The van der Waals surface area contributed by atoms with Crippen LogP contribution in [0.15, 0.2) is 36.4 Å². The summed E-state index contributed by atoms with van der Waals surface area (Å²) in [7, 11) is 0. The van der Waals surface area contributed by atoms with Crippen LogP contribution < -0.4 is 5.32 Å². The fourth-order valence-corrected chi connectivity index (χ4v) is 1.66. The number of aromatic hydroxyl groups is 1. The van der Waals surface area contributed by atoms with Gasteiger partial charge in [-0.25, -0.2) is 8.78 Å². The summed E-state index contributed by atoms with van der Waals surface area (Å²) in [5.41, 5.74) is 2.20. The summed E-state index contributed by atoms with van der Waals surface area (Å²) in [5.74, 6) is -1.59. The van der Waals surface area contributed by atoms with Crippen molar-refractivity contribution in [2.24, 2.45) is 0 Å². The van der Waals surface area contributed by atoms with E-state index in [1.54, 1.807) is 12.1 Å². The highest BCUT2D eigenvalue weighted by atomic mass is 19.2. The van der Waals surface area contributed by atoms with Crippen LogP contribution >= 0.6 is 0 Å². The number of hydrogen-bond donors (Lipinski definition) is 2. The van der Waals surface area contributed by atoms with Crippen molar-refractivity contribution >= 4 is 5.69 Å². The highest BCUT2D eigenvalue weighted by molar-refractivity contribution is 5.46. The lowest BCUT2D eigenvalue weighted by Gasteiger charge is -2.09. The monoisotopic (exact) mass is 249 g/mol. The molecule has 0 unspecified atom stereocenters. The van der Waals surface area contributed by atoms with Crippen molar-refractivity contribution in [3.05, 3.63) is 59.2 Å². The van der Waals surface area contributed by atoms with Gasteiger partial charge in [0.2, 0.25) is 0 Å². The van der Waals surface area contributed by atoms with Gasteiger partial charge in [-0.2, -0.15) is 0 Å². The second-order valence-corrected chi connectivity index (χ2v) is 4.11. The fraction of sp³-hybridized carbons (Fsp3) is 0.143. The molecule has 0 bridgehead atoms. The van der Waals surface area contributed by atoms with E-state index in [1.165, 1.54) is 6.07 Å². The fourth-order valence-electron chi connectivity index (χ4n) is 1.66. The Balaban J connectivity index is 2.11. The third-order valence-electron chi connectivity index (χ3n) is 2.64. The molecular weight excluding hydrogens is 236 g/mol. The largest absolute Gasteiger partial charge is 0.508 e. The van der Waals surface area contributed by atoms with Crippen molar-refractivity contribution in [2.45, 2.75) is 13.5 Å². The van der Waals surface area contributed by atoms with Crippen LogP contribution in [0.5, 0.6) is 5.75 Å². The molecule has 2 aromatic rings. The van der Waals surface area contributed by atoms with Gasteiger partial charge in [0.15, 0.2) is 11.6 Å². The van der Waals surface area contributed by atoms with E-state index in [0.717, 1.165) is 17.7 Å². The number of phenols is 1. The van der Waals surface area contributed by atoms with Gasteiger partial charge in [0, 0.05) is 23.9 Å². The summed E-state index contributed by atoms with van der Waals surface area (Å²) in [5, 5.41) is 12.6. The van der Waals surface area contributed by atoms with E-state index in [2.05, 4.69) is 5.32 Å². The predicted molar refractivity (Wildman–Crippen MR) is 66.5 cm³/mol. The molecule has 0 aromatic heterocycles. The molecule has 0 saturated heterocycles. The molecule has 0 amide bonds. The van der Waals surface area contributed by atoms with Crippen LogP contribution in [0.25, 0.3) is 0 Å². The maximum absolute atomic E-state index is 13.0.